The van der Waals surface area contributed by atoms with Crippen LogP contribution < -0.4 is 5.32 Å². The lowest BCUT2D eigenvalue weighted by atomic mass is 10.2. The maximum absolute atomic E-state index is 13.2. The van der Waals surface area contributed by atoms with Crippen molar-refractivity contribution in [3.05, 3.63) is 40.2 Å². The molecule has 96 valence electrons. The molecule has 0 spiro atoms. The predicted molar refractivity (Wildman–Crippen MR) is 53.5 cm³/mol. The molecule has 0 aliphatic carbocycles. The summed E-state index contributed by atoms with van der Waals surface area (Å²) in [5.74, 6) is -9.99. The molecule has 0 aliphatic rings. The van der Waals surface area contributed by atoms with Crippen molar-refractivity contribution >= 4 is 17.2 Å². The number of benzene rings is 1. The number of nitrogens with zero attached hydrogens (tertiary/aromatic N) is 2. The standard InChI is InChI=1S/C9H4F5N3S/c10-4-5(11)7(13)9(8(14)6(4)12)15-1-3-2-18-17-16-3/h2,15H,1H2. The molecule has 1 aromatic carbocycles. The molecule has 0 fully saturated rings. The van der Waals surface area contributed by atoms with E-state index in [1.165, 1.54) is 5.38 Å². The highest BCUT2D eigenvalue weighted by Gasteiger charge is 2.25. The Labute approximate surface area is 101 Å². The lowest BCUT2D eigenvalue weighted by molar-refractivity contribution is 0.381. The van der Waals surface area contributed by atoms with Gasteiger partial charge in [-0.3, -0.25) is 0 Å². The van der Waals surface area contributed by atoms with Gasteiger partial charge in [-0.15, -0.1) is 5.10 Å². The van der Waals surface area contributed by atoms with Gasteiger partial charge in [0, 0.05) is 5.38 Å². The van der Waals surface area contributed by atoms with Crippen molar-refractivity contribution < 1.29 is 22.0 Å². The monoisotopic (exact) mass is 281 g/mol. The van der Waals surface area contributed by atoms with Crippen molar-refractivity contribution in [1.29, 1.82) is 0 Å². The summed E-state index contributed by atoms with van der Waals surface area (Å²) in [6, 6.07) is 0. The summed E-state index contributed by atoms with van der Waals surface area (Å²) in [4.78, 5) is 0. The van der Waals surface area contributed by atoms with Gasteiger partial charge in [0.25, 0.3) is 0 Å². The van der Waals surface area contributed by atoms with E-state index in [1.54, 1.807) is 0 Å². The first-order chi connectivity index (χ1) is 8.52. The maximum Gasteiger partial charge on any atom is 0.200 e. The first-order valence-electron chi connectivity index (χ1n) is 4.53. The second kappa shape index (κ2) is 4.84. The van der Waals surface area contributed by atoms with Crippen molar-refractivity contribution in [2.24, 2.45) is 0 Å². The molecule has 9 heteroatoms. The Morgan fingerprint density at radius 2 is 1.50 bits per heavy atom. The molecule has 2 aromatic rings. The average molecular weight is 281 g/mol. The summed E-state index contributed by atoms with van der Waals surface area (Å²) in [5.41, 5.74) is -0.761. The molecular weight excluding hydrogens is 277 g/mol. The van der Waals surface area contributed by atoms with E-state index >= 15 is 0 Å². The van der Waals surface area contributed by atoms with E-state index in [0.717, 1.165) is 11.5 Å². The van der Waals surface area contributed by atoms with Crippen LogP contribution in [0.5, 0.6) is 0 Å². The van der Waals surface area contributed by atoms with Gasteiger partial charge in [0.05, 0.1) is 12.2 Å². The minimum atomic E-state index is -2.19. The van der Waals surface area contributed by atoms with Crippen molar-refractivity contribution in [3.63, 3.8) is 0 Å². The zero-order chi connectivity index (χ0) is 13.3. The van der Waals surface area contributed by atoms with E-state index in [1.807, 2.05) is 0 Å². The number of hydrogen-bond acceptors (Lipinski definition) is 4. The first kappa shape index (κ1) is 12.7. The largest absolute Gasteiger partial charge is 0.374 e. The molecule has 0 radical (unpaired) electrons. The van der Waals surface area contributed by atoms with Crippen LogP contribution in [0.15, 0.2) is 5.38 Å². The number of rotatable bonds is 3. The Morgan fingerprint density at radius 3 is 2.00 bits per heavy atom. The molecule has 0 unspecified atom stereocenters. The van der Waals surface area contributed by atoms with E-state index < -0.39 is 34.8 Å². The van der Waals surface area contributed by atoms with Gasteiger partial charge in [0.2, 0.25) is 5.82 Å². The number of halogens is 5. The number of nitrogens with one attached hydrogen (secondary N) is 1. The first-order valence-corrected chi connectivity index (χ1v) is 5.37. The van der Waals surface area contributed by atoms with Crippen LogP contribution >= 0.6 is 11.5 Å². The summed E-state index contributed by atoms with van der Waals surface area (Å²) in [5, 5.41) is 7.12. The minimum absolute atomic E-state index is 0.200. The highest BCUT2D eigenvalue weighted by Crippen LogP contribution is 2.27. The van der Waals surface area contributed by atoms with E-state index in [2.05, 4.69) is 14.9 Å². The number of anilines is 1. The Kier molecular flexibility index (Phi) is 3.41. The Hall–Kier alpha value is -1.77. The molecule has 0 aliphatic heterocycles. The highest BCUT2D eigenvalue weighted by atomic mass is 32.1. The number of hydrogen-bond donors (Lipinski definition) is 1. The highest BCUT2D eigenvalue weighted by molar-refractivity contribution is 7.03. The third-order valence-electron chi connectivity index (χ3n) is 2.06. The van der Waals surface area contributed by atoms with Crippen LogP contribution in [0.1, 0.15) is 5.69 Å². The second-order valence-corrected chi connectivity index (χ2v) is 3.80. The number of aromatic nitrogens is 2. The summed E-state index contributed by atoms with van der Waals surface area (Å²) in [7, 11) is 0. The van der Waals surface area contributed by atoms with Crippen LogP contribution in [0, 0.1) is 29.1 Å². The van der Waals surface area contributed by atoms with E-state index in [0.29, 0.717) is 5.69 Å². The molecule has 0 atom stereocenters. The zero-order valence-corrected chi connectivity index (χ0v) is 9.29. The normalized spacial score (nSPS) is 10.7. The minimum Gasteiger partial charge on any atom is -0.374 e. The topological polar surface area (TPSA) is 37.8 Å². The van der Waals surface area contributed by atoms with Gasteiger partial charge in [-0.25, -0.2) is 22.0 Å². The van der Waals surface area contributed by atoms with E-state index in [-0.39, 0.29) is 6.54 Å². The molecule has 2 rings (SSSR count). The lowest BCUT2D eigenvalue weighted by Gasteiger charge is -2.09. The molecule has 0 saturated heterocycles. The fraction of sp³-hybridized carbons (Fsp3) is 0.111. The van der Waals surface area contributed by atoms with Crippen LogP contribution in [0.25, 0.3) is 0 Å². The zero-order valence-electron chi connectivity index (χ0n) is 8.48. The summed E-state index contributed by atoms with van der Waals surface area (Å²) >= 11 is 0.995. The fourth-order valence-electron chi connectivity index (χ4n) is 1.20. The van der Waals surface area contributed by atoms with Crippen molar-refractivity contribution in [1.82, 2.24) is 9.59 Å². The average Bonchev–Trinajstić information content (AvgIpc) is 2.87. The Bertz CT molecular complexity index is 543. The van der Waals surface area contributed by atoms with Crippen LogP contribution in [0.3, 0.4) is 0 Å². The van der Waals surface area contributed by atoms with Gasteiger partial charge < -0.3 is 5.32 Å². The van der Waals surface area contributed by atoms with Gasteiger partial charge in [0.15, 0.2) is 23.3 Å². The summed E-state index contributed by atoms with van der Waals surface area (Å²) < 4.78 is 68.3. The lowest BCUT2D eigenvalue weighted by Crippen LogP contribution is -2.10. The van der Waals surface area contributed by atoms with Gasteiger partial charge >= 0.3 is 0 Å². The molecule has 1 aromatic heterocycles. The van der Waals surface area contributed by atoms with Crippen LogP contribution in [0.4, 0.5) is 27.6 Å². The van der Waals surface area contributed by atoms with Crippen molar-refractivity contribution in [2.75, 3.05) is 5.32 Å². The third kappa shape index (κ3) is 2.13. The van der Waals surface area contributed by atoms with Gasteiger partial charge in [-0.2, -0.15) is 0 Å². The molecule has 3 nitrogen and oxygen atoms in total. The quantitative estimate of drug-likeness (QED) is 0.534. The van der Waals surface area contributed by atoms with Crippen molar-refractivity contribution in [2.45, 2.75) is 6.54 Å². The van der Waals surface area contributed by atoms with Gasteiger partial charge in [0.1, 0.15) is 5.69 Å². The second-order valence-electron chi connectivity index (χ2n) is 3.19. The van der Waals surface area contributed by atoms with E-state index in [9.17, 15) is 22.0 Å². The molecule has 1 N–H and O–H groups in total. The van der Waals surface area contributed by atoms with Gasteiger partial charge in [-0.05, 0) is 11.5 Å². The Morgan fingerprint density at radius 1 is 0.944 bits per heavy atom. The predicted octanol–water partition coefficient (Wildman–Crippen LogP) is 2.85. The third-order valence-corrected chi connectivity index (χ3v) is 2.61. The smallest absolute Gasteiger partial charge is 0.200 e. The fourth-order valence-corrected chi connectivity index (χ4v) is 1.65. The van der Waals surface area contributed by atoms with Gasteiger partial charge in [-0.1, -0.05) is 4.49 Å². The summed E-state index contributed by atoms with van der Waals surface area (Å²) in [6.45, 7) is -0.200. The Balaban J connectivity index is 2.33. The van der Waals surface area contributed by atoms with E-state index in [4.69, 9.17) is 0 Å². The maximum atomic E-state index is 13.2. The molecule has 0 amide bonds. The van der Waals surface area contributed by atoms with Crippen LogP contribution in [-0.2, 0) is 6.54 Å². The molecule has 0 bridgehead atoms. The summed E-state index contributed by atoms with van der Waals surface area (Å²) in [6.07, 6.45) is 0. The molecular formula is C9H4F5N3S. The SMILES string of the molecule is Fc1c(F)c(F)c(NCc2csnn2)c(F)c1F. The van der Waals surface area contributed by atoms with Crippen LogP contribution in [0.2, 0.25) is 0 Å². The van der Waals surface area contributed by atoms with Crippen LogP contribution in [-0.4, -0.2) is 9.59 Å². The molecule has 0 saturated carbocycles. The van der Waals surface area contributed by atoms with Crippen molar-refractivity contribution in [3.8, 4) is 0 Å². The molecule has 1 heterocycles. The molecule has 18 heavy (non-hydrogen) atoms.